The molecule has 1 heterocycles. The van der Waals surface area contributed by atoms with E-state index in [0.717, 1.165) is 5.69 Å². The zero-order valence-electron chi connectivity index (χ0n) is 6.51. The smallest absolute Gasteiger partial charge is 0.0724 e. The van der Waals surface area contributed by atoms with Crippen molar-refractivity contribution in [1.82, 2.24) is 9.78 Å². The van der Waals surface area contributed by atoms with Gasteiger partial charge in [-0.2, -0.15) is 5.10 Å². The maximum atomic E-state index is 5.53. The standard InChI is InChI=1S/C9H9N3/c10-8-6-11-12(7-8)9-4-2-1-3-5-9/h1-7H,10H2. The molecule has 0 amide bonds. The van der Waals surface area contributed by atoms with Crippen molar-refractivity contribution >= 4 is 5.69 Å². The fourth-order valence-corrected chi connectivity index (χ4v) is 1.06. The molecule has 12 heavy (non-hydrogen) atoms. The van der Waals surface area contributed by atoms with Crippen molar-refractivity contribution < 1.29 is 0 Å². The van der Waals surface area contributed by atoms with Crippen LogP contribution in [0.5, 0.6) is 0 Å². The first-order chi connectivity index (χ1) is 5.86. The minimum Gasteiger partial charge on any atom is -0.396 e. The number of rotatable bonds is 1. The van der Waals surface area contributed by atoms with Gasteiger partial charge in [-0.05, 0) is 12.1 Å². The van der Waals surface area contributed by atoms with Gasteiger partial charge in [0.05, 0.1) is 23.8 Å². The van der Waals surface area contributed by atoms with Crippen LogP contribution in [0.3, 0.4) is 0 Å². The molecule has 2 rings (SSSR count). The van der Waals surface area contributed by atoms with E-state index in [1.165, 1.54) is 0 Å². The molecule has 3 heteroatoms. The predicted octanol–water partition coefficient (Wildman–Crippen LogP) is 1.45. The number of anilines is 1. The summed E-state index contributed by atoms with van der Waals surface area (Å²) in [6, 6.07) is 9.86. The van der Waals surface area contributed by atoms with Crippen LogP contribution in [-0.4, -0.2) is 9.78 Å². The van der Waals surface area contributed by atoms with Crippen LogP contribution in [0.4, 0.5) is 5.69 Å². The van der Waals surface area contributed by atoms with E-state index in [-0.39, 0.29) is 0 Å². The second kappa shape index (κ2) is 2.70. The second-order valence-electron chi connectivity index (χ2n) is 2.55. The number of hydrogen-bond acceptors (Lipinski definition) is 2. The van der Waals surface area contributed by atoms with Crippen LogP contribution in [0.1, 0.15) is 0 Å². The topological polar surface area (TPSA) is 43.8 Å². The minimum atomic E-state index is 0.679. The maximum absolute atomic E-state index is 5.53. The average Bonchev–Trinajstić information content (AvgIpc) is 2.54. The molecule has 1 aromatic heterocycles. The van der Waals surface area contributed by atoms with E-state index < -0.39 is 0 Å². The quantitative estimate of drug-likeness (QED) is 0.684. The van der Waals surface area contributed by atoms with Crippen LogP contribution >= 0.6 is 0 Å². The summed E-state index contributed by atoms with van der Waals surface area (Å²) in [5.74, 6) is 0. The van der Waals surface area contributed by atoms with Gasteiger partial charge in [0.2, 0.25) is 0 Å². The van der Waals surface area contributed by atoms with E-state index in [0.29, 0.717) is 5.69 Å². The van der Waals surface area contributed by atoms with Gasteiger partial charge < -0.3 is 5.73 Å². The van der Waals surface area contributed by atoms with Crippen molar-refractivity contribution in [3.05, 3.63) is 42.7 Å². The van der Waals surface area contributed by atoms with Gasteiger partial charge in [-0.25, -0.2) is 4.68 Å². The van der Waals surface area contributed by atoms with Gasteiger partial charge >= 0.3 is 0 Å². The highest BCUT2D eigenvalue weighted by molar-refractivity contribution is 5.37. The molecule has 2 N–H and O–H groups in total. The summed E-state index contributed by atoms with van der Waals surface area (Å²) in [7, 11) is 0. The lowest BCUT2D eigenvalue weighted by Gasteiger charge is -1.97. The Morgan fingerprint density at radius 3 is 2.50 bits per heavy atom. The Bertz CT molecular complexity index is 364. The molecule has 0 unspecified atom stereocenters. The minimum absolute atomic E-state index is 0.679. The molecule has 0 spiro atoms. The normalized spacial score (nSPS) is 10.0. The molecule has 2 aromatic rings. The Morgan fingerprint density at radius 1 is 1.17 bits per heavy atom. The SMILES string of the molecule is Nc1cnn(-c2ccccc2)c1. The molecule has 1 aromatic carbocycles. The molecule has 0 aliphatic carbocycles. The molecule has 0 bridgehead atoms. The van der Waals surface area contributed by atoms with Crippen molar-refractivity contribution in [3.8, 4) is 5.69 Å². The summed E-state index contributed by atoms with van der Waals surface area (Å²) < 4.78 is 1.75. The Hall–Kier alpha value is -1.77. The van der Waals surface area contributed by atoms with Gasteiger partial charge in [0.25, 0.3) is 0 Å². The molecule has 60 valence electrons. The first-order valence-corrected chi connectivity index (χ1v) is 3.72. The highest BCUT2D eigenvalue weighted by Gasteiger charge is 1.95. The van der Waals surface area contributed by atoms with Crippen molar-refractivity contribution in [2.24, 2.45) is 0 Å². The third kappa shape index (κ3) is 1.16. The monoisotopic (exact) mass is 159 g/mol. The van der Waals surface area contributed by atoms with Crippen LogP contribution in [0.2, 0.25) is 0 Å². The Balaban J connectivity index is 2.45. The first-order valence-electron chi connectivity index (χ1n) is 3.72. The van der Waals surface area contributed by atoms with E-state index in [1.54, 1.807) is 17.1 Å². The lowest BCUT2D eigenvalue weighted by molar-refractivity contribution is 0.881. The third-order valence-corrected chi connectivity index (χ3v) is 1.62. The van der Waals surface area contributed by atoms with Gasteiger partial charge in [-0.15, -0.1) is 0 Å². The number of nitrogens with zero attached hydrogens (tertiary/aromatic N) is 2. The van der Waals surface area contributed by atoms with Gasteiger partial charge in [0.15, 0.2) is 0 Å². The lowest BCUT2D eigenvalue weighted by Crippen LogP contribution is -1.92. The Morgan fingerprint density at radius 2 is 1.92 bits per heavy atom. The number of benzene rings is 1. The average molecular weight is 159 g/mol. The van der Waals surface area contributed by atoms with E-state index in [9.17, 15) is 0 Å². The molecule has 0 atom stereocenters. The molecule has 0 saturated heterocycles. The van der Waals surface area contributed by atoms with Gasteiger partial charge in [0.1, 0.15) is 0 Å². The number of nitrogens with two attached hydrogens (primary N) is 1. The molecule has 0 fully saturated rings. The summed E-state index contributed by atoms with van der Waals surface area (Å²) in [6.07, 6.45) is 3.42. The summed E-state index contributed by atoms with van der Waals surface area (Å²) in [5, 5.41) is 4.08. The predicted molar refractivity (Wildman–Crippen MR) is 48.0 cm³/mol. The van der Waals surface area contributed by atoms with Gasteiger partial charge in [-0.3, -0.25) is 0 Å². The molecular weight excluding hydrogens is 150 g/mol. The summed E-state index contributed by atoms with van der Waals surface area (Å²) in [6.45, 7) is 0. The zero-order valence-corrected chi connectivity index (χ0v) is 6.51. The molecule has 3 nitrogen and oxygen atoms in total. The Kier molecular flexibility index (Phi) is 1.55. The molecule has 0 aliphatic heterocycles. The third-order valence-electron chi connectivity index (χ3n) is 1.62. The molecule has 0 aliphatic rings. The zero-order chi connectivity index (χ0) is 8.39. The summed E-state index contributed by atoms with van der Waals surface area (Å²) in [5.41, 5.74) is 7.23. The van der Waals surface area contributed by atoms with Crippen LogP contribution in [0.15, 0.2) is 42.7 Å². The highest BCUT2D eigenvalue weighted by atomic mass is 15.3. The molecule has 0 saturated carbocycles. The van der Waals surface area contributed by atoms with E-state index >= 15 is 0 Å². The van der Waals surface area contributed by atoms with Crippen molar-refractivity contribution in [2.75, 3.05) is 5.73 Å². The summed E-state index contributed by atoms with van der Waals surface area (Å²) >= 11 is 0. The molecular formula is C9H9N3. The van der Waals surface area contributed by atoms with Crippen LogP contribution in [0, 0.1) is 0 Å². The van der Waals surface area contributed by atoms with Crippen LogP contribution in [-0.2, 0) is 0 Å². The van der Waals surface area contributed by atoms with E-state index in [1.807, 2.05) is 30.3 Å². The maximum Gasteiger partial charge on any atom is 0.0724 e. The number of para-hydroxylation sites is 1. The van der Waals surface area contributed by atoms with E-state index in [4.69, 9.17) is 5.73 Å². The fraction of sp³-hybridized carbons (Fsp3) is 0. The van der Waals surface area contributed by atoms with Crippen LogP contribution < -0.4 is 5.73 Å². The largest absolute Gasteiger partial charge is 0.396 e. The number of nitrogen functional groups attached to an aromatic ring is 1. The number of hydrogen-bond donors (Lipinski definition) is 1. The van der Waals surface area contributed by atoms with Crippen LogP contribution in [0.25, 0.3) is 5.69 Å². The lowest BCUT2D eigenvalue weighted by atomic mass is 10.3. The first kappa shape index (κ1) is 6.91. The van der Waals surface area contributed by atoms with Crippen molar-refractivity contribution in [2.45, 2.75) is 0 Å². The van der Waals surface area contributed by atoms with Crippen molar-refractivity contribution in [1.29, 1.82) is 0 Å². The molecule has 0 radical (unpaired) electrons. The Labute approximate surface area is 70.4 Å². The summed E-state index contributed by atoms with van der Waals surface area (Å²) in [4.78, 5) is 0. The highest BCUT2D eigenvalue weighted by Crippen LogP contribution is 2.07. The fourth-order valence-electron chi connectivity index (χ4n) is 1.06. The van der Waals surface area contributed by atoms with E-state index in [2.05, 4.69) is 5.10 Å². The second-order valence-corrected chi connectivity index (χ2v) is 2.55. The van der Waals surface area contributed by atoms with Gasteiger partial charge in [-0.1, -0.05) is 18.2 Å². The number of aromatic nitrogens is 2. The van der Waals surface area contributed by atoms with Crippen molar-refractivity contribution in [3.63, 3.8) is 0 Å². The van der Waals surface area contributed by atoms with Gasteiger partial charge in [0, 0.05) is 0 Å².